The van der Waals surface area contributed by atoms with Crippen LogP contribution in [0.5, 0.6) is 11.5 Å². The Hall–Kier alpha value is -2.49. The Morgan fingerprint density at radius 1 is 1.22 bits per heavy atom. The summed E-state index contributed by atoms with van der Waals surface area (Å²) in [6.07, 6.45) is 1.91. The molecular formula is C19H21NO3. The lowest BCUT2D eigenvalue weighted by Crippen LogP contribution is -2.32. The Bertz CT molecular complexity index is 684. The first-order valence-corrected chi connectivity index (χ1v) is 7.91. The number of hydrogen-bond donors (Lipinski definition) is 1. The van der Waals surface area contributed by atoms with Crippen molar-refractivity contribution >= 4 is 5.91 Å². The Balaban J connectivity index is 1.60. The second kappa shape index (κ2) is 7.18. The van der Waals surface area contributed by atoms with Gasteiger partial charge in [-0.25, -0.2) is 0 Å². The van der Waals surface area contributed by atoms with Crippen molar-refractivity contribution < 1.29 is 14.3 Å². The zero-order valence-corrected chi connectivity index (χ0v) is 13.2. The van der Waals surface area contributed by atoms with Crippen molar-refractivity contribution in [3.8, 4) is 11.5 Å². The van der Waals surface area contributed by atoms with E-state index in [1.807, 2.05) is 48.5 Å². The molecule has 0 fully saturated rings. The molecule has 2 aromatic rings. The Labute approximate surface area is 136 Å². The fourth-order valence-electron chi connectivity index (χ4n) is 2.92. The van der Waals surface area contributed by atoms with Gasteiger partial charge < -0.3 is 14.8 Å². The van der Waals surface area contributed by atoms with E-state index in [-0.39, 0.29) is 11.9 Å². The minimum absolute atomic E-state index is 0.0325. The number of para-hydroxylation sites is 2. The molecule has 0 aliphatic carbocycles. The molecule has 120 valence electrons. The van der Waals surface area contributed by atoms with Gasteiger partial charge in [0.1, 0.15) is 11.5 Å². The highest BCUT2D eigenvalue weighted by atomic mass is 16.5. The fraction of sp³-hybridized carbons (Fsp3) is 0.316. The van der Waals surface area contributed by atoms with Gasteiger partial charge in [0, 0.05) is 18.4 Å². The number of rotatable bonds is 5. The van der Waals surface area contributed by atoms with E-state index in [1.165, 1.54) is 0 Å². The molecule has 0 radical (unpaired) electrons. The van der Waals surface area contributed by atoms with Crippen molar-refractivity contribution in [1.82, 2.24) is 5.32 Å². The minimum Gasteiger partial charge on any atom is -0.496 e. The molecule has 4 heteroatoms. The number of fused-ring (bicyclic) bond motifs is 1. The molecule has 0 saturated heterocycles. The Morgan fingerprint density at radius 3 is 2.87 bits per heavy atom. The van der Waals surface area contributed by atoms with Gasteiger partial charge in [-0.05, 0) is 24.1 Å². The van der Waals surface area contributed by atoms with Crippen LogP contribution in [0.15, 0.2) is 48.5 Å². The average molecular weight is 311 g/mol. The van der Waals surface area contributed by atoms with Crippen molar-refractivity contribution in [2.24, 2.45) is 0 Å². The SMILES string of the molecule is COc1ccccc1CCC(=O)NC1CCOc2ccccc21. The molecule has 0 saturated carbocycles. The molecule has 23 heavy (non-hydrogen) atoms. The van der Waals surface area contributed by atoms with E-state index < -0.39 is 0 Å². The van der Waals surface area contributed by atoms with Gasteiger partial charge in [-0.15, -0.1) is 0 Å². The minimum atomic E-state index is 0.0325. The maximum Gasteiger partial charge on any atom is 0.220 e. The van der Waals surface area contributed by atoms with Crippen LogP contribution >= 0.6 is 0 Å². The number of ether oxygens (including phenoxy) is 2. The molecule has 0 bridgehead atoms. The molecule has 4 nitrogen and oxygen atoms in total. The summed E-state index contributed by atoms with van der Waals surface area (Å²) in [5.41, 5.74) is 2.11. The molecule has 1 unspecified atom stereocenters. The van der Waals surface area contributed by atoms with Crippen LogP contribution in [0.4, 0.5) is 0 Å². The van der Waals surface area contributed by atoms with Gasteiger partial charge in [-0.1, -0.05) is 36.4 Å². The smallest absolute Gasteiger partial charge is 0.220 e. The number of carbonyl (C=O) groups is 1. The number of hydrogen-bond acceptors (Lipinski definition) is 3. The van der Waals surface area contributed by atoms with Crippen molar-refractivity contribution in [3.05, 3.63) is 59.7 Å². The van der Waals surface area contributed by atoms with Crippen LogP contribution in [0.1, 0.15) is 30.0 Å². The average Bonchev–Trinajstić information content (AvgIpc) is 2.60. The first-order chi connectivity index (χ1) is 11.3. The predicted octanol–water partition coefficient (Wildman–Crippen LogP) is 3.27. The van der Waals surface area contributed by atoms with Crippen LogP contribution in [-0.2, 0) is 11.2 Å². The second-order valence-corrected chi connectivity index (χ2v) is 5.61. The summed E-state index contributed by atoms with van der Waals surface area (Å²) in [4.78, 5) is 12.3. The molecule has 3 rings (SSSR count). The molecule has 0 spiro atoms. The number of carbonyl (C=O) groups excluding carboxylic acids is 1. The summed E-state index contributed by atoms with van der Waals surface area (Å²) < 4.78 is 11.0. The molecule has 1 amide bonds. The van der Waals surface area contributed by atoms with Gasteiger partial charge in [-0.2, -0.15) is 0 Å². The lowest BCUT2D eigenvalue weighted by Gasteiger charge is -2.26. The van der Waals surface area contributed by atoms with E-state index in [0.29, 0.717) is 19.4 Å². The largest absolute Gasteiger partial charge is 0.496 e. The van der Waals surface area contributed by atoms with Crippen molar-refractivity contribution in [1.29, 1.82) is 0 Å². The predicted molar refractivity (Wildman–Crippen MR) is 88.8 cm³/mol. The number of methoxy groups -OCH3 is 1. The highest BCUT2D eigenvalue weighted by Crippen LogP contribution is 2.31. The van der Waals surface area contributed by atoms with Crippen LogP contribution < -0.4 is 14.8 Å². The third-order valence-corrected chi connectivity index (χ3v) is 4.11. The van der Waals surface area contributed by atoms with Gasteiger partial charge in [0.2, 0.25) is 5.91 Å². The van der Waals surface area contributed by atoms with Crippen molar-refractivity contribution in [2.75, 3.05) is 13.7 Å². The molecule has 1 atom stereocenters. The van der Waals surface area contributed by atoms with E-state index in [2.05, 4.69) is 5.32 Å². The molecular weight excluding hydrogens is 290 g/mol. The second-order valence-electron chi connectivity index (χ2n) is 5.61. The van der Waals surface area contributed by atoms with E-state index in [9.17, 15) is 4.79 Å². The highest BCUT2D eigenvalue weighted by Gasteiger charge is 2.22. The van der Waals surface area contributed by atoms with E-state index >= 15 is 0 Å². The molecule has 1 aliphatic heterocycles. The molecule has 1 heterocycles. The topological polar surface area (TPSA) is 47.6 Å². The van der Waals surface area contributed by atoms with Gasteiger partial charge in [0.25, 0.3) is 0 Å². The van der Waals surface area contributed by atoms with Crippen LogP contribution in [0, 0.1) is 0 Å². The Morgan fingerprint density at radius 2 is 2.00 bits per heavy atom. The van der Waals surface area contributed by atoms with Gasteiger partial charge in [0.05, 0.1) is 19.8 Å². The van der Waals surface area contributed by atoms with Crippen LogP contribution in [-0.4, -0.2) is 19.6 Å². The summed E-state index contributed by atoms with van der Waals surface area (Å²) >= 11 is 0. The molecule has 2 aromatic carbocycles. The number of nitrogens with one attached hydrogen (secondary N) is 1. The van der Waals surface area contributed by atoms with Crippen LogP contribution in [0.2, 0.25) is 0 Å². The number of aryl methyl sites for hydroxylation is 1. The fourth-order valence-corrected chi connectivity index (χ4v) is 2.92. The third kappa shape index (κ3) is 3.65. The van der Waals surface area contributed by atoms with Crippen LogP contribution in [0.25, 0.3) is 0 Å². The third-order valence-electron chi connectivity index (χ3n) is 4.11. The summed E-state index contributed by atoms with van der Waals surface area (Å²) in [6.45, 7) is 0.633. The van der Waals surface area contributed by atoms with E-state index in [1.54, 1.807) is 7.11 Å². The summed E-state index contributed by atoms with van der Waals surface area (Å²) in [5.74, 6) is 1.75. The molecule has 1 N–H and O–H groups in total. The summed E-state index contributed by atoms with van der Waals surface area (Å²) in [7, 11) is 1.65. The molecule has 0 aromatic heterocycles. The maximum absolute atomic E-state index is 12.3. The lowest BCUT2D eigenvalue weighted by atomic mass is 10.00. The first-order valence-electron chi connectivity index (χ1n) is 7.91. The quantitative estimate of drug-likeness (QED) is 0.922. The van der Waals surface area contributed by atoms with Crippen molar-refractivity contribution in [2.45, 2.75) is 25.3 Å². The zero-order chi connectivity index (χ0) is 16.1. The van der Waals surface area contributed by atoms with Crippen molar-refractivity contribution in [3.63, 3.8) is 0 Å². The monoisotopic (exact) mass is 311 g/mol. The highest BCUT2D eigenvalue weighted by molar-refractivity contribution is 5.77. The number of benzene rings is 2. The summed E-state index contributed by atoms with van der Waals surface area (Å²) in [5, 5.41) is 3.12. The van der Waals surface area contributed by atoms with Gasteiger partial charge in [-0.3, -0.25) is 4.79 Å². The van der Waals surface area contributed by atoms with E-state index in [4.69, 9.17) is 9.47 Å². The normalized spacial score (nSPS) is 16.1. The van der Waals surface area contributed by atoms with Crippen LogP contribution in [0.3, 0.4) is 0 Å². The van der Waals surface area contributed by atoms with Gasteiger partial charge >= 0.3 is 0 Å². The first kappa shape index (κ1) is 15.4. The van der Waals surface area contributed by atoms with Gasteiger partial charge in [0.15, 0.2) is 0 Å². The zero-order valence-electron chi connectivity index (χ0n) is 13.2. The summed E-state index contributed by atoms with van der Waals surface area (Å²) in [6, 6.07) is 15.7. The van der Waals surface area contributed by atoms with E-state index in [0.717, 1.165) is 29.0 Å². The number of amides is 1. The Kier molecular flexibility index (Phi) is 4.81. The molecule has 1 aliphatic rings. The standard InChI is InChI=1S/C19H21NO3/c1-22-17-8-4-2-6-14(17)10-11-19(21)20-16-12-13-23-18-9-5-3-7-15(16)18/h2-9,16H,10-13H2,1H3,(H,20,21). The lowest BCUT2D eigenvalue weighted by molar-refractivity contribution is -0.122. The maximum atomic E-state index is 12.3.